The van der Waals surface area contributed by atoms with Crippen molar-refractivity contribution in [2.24, 2.45) is 0 Å². The average Bonchev–Trinajstić information content (AvgIpc) is 3.02. The molecule has 1 heterocycles. The molecule has 1 saturated heterocycles. The molecule has 0 amide bonds. The van der Waals surface area contributed by atoms with Crippen molar-refractivity contribution in [3.05, 3.63) is 34.3 Å². The third-order valence-corrected chi connectivity index (χ3v) is 4.83. The Hall–Kier alpha value is -0.380. The van der Waals surface area contributed by atoms with Crippen LogP contribution in [0.3, 0.4) is 0 Å². The number of morpholine rings is 1. The lowest BCUT2D eigenvalue weighted by molar-refractivity contribution is -0.0542. The first-order valence-corrected chi connectivity index (χ1v) is 7.40. The fraction of sp³-hybridized carbons (Fsp3) is 0.600. The van der Waals surface area contributed by atoms with Gasteiger partial charge in [-0.1, -0.05) is 34.1 Å². The zero-order valence-electron chi connectivity index (χ0n) is 11.2. The molecule has 1 saturated carbocycles. The molecule has 0 spiro atoms. The summed E-state index contributed by atoms with van der Waals surface area (Å²) in [6.07, 6.45) is 1.48. The van der Waals surface area contributed by atoms with Gasteiger partial charge in [0.25, 0.3) is 0 Å². The second-order valence-electron chi connectivity index (χ2n) is 6.29. The van der Waals surface area contributed by atoms with Gasteiger partial charge in [0, 0.05) is 23.0 Å². The van der Waals surface area contributed by atoms with Gasteiger partial charge in [-0.05, 0) is 32.4 Å². The van der Waals surface area contributed by atoms with Crippen molar-refractivity contribution in [3.63, 3.8) is 0 Å². The number of hydrogen-bond acceptors (Lipinski definition) is 2. The van der Waals surface area contributed by atoms with Gasteiger partial charge < -0.3 is 4.74 Å². The lowest BCUT2D eigenvalue weighted by atomic mass is 9.94. The molecule has 1 aliphatic heterocycles. The molecule has 1 aromatic carbocycles. The Bertz CT molecular complexity index is 468. The van der Waals surface area contributed by atoms with Gasteiger partial charge in [0.15, 0.2) is 0 Å². The summed E-state index contributed by atoms with van der Waals surface area (Å²) in [4.78, 5) is 2.62. The van der Waals surface area contributed by atoms with Crippen molar-refractivity contribution in [2.75, 3.05) is 13.2 Å². The van der Waals surface area contributed by atoms with E-state index in [2.05, 4.69) is 65.9 Å². The van der Waals surface area contributed by atoms with E-state index in [-0.39, 0.29) is 11.1 Å². The van der Waals surface area contributed by atoms with Crippen LogP contribution in [0.1, 0.15) is 32.8 Å². The third-order valence-electron chi connectivity index (χ3n) is 4.13. The molecule has 3 heteroatoms. The lowest BCUT2D eigenvalue weighted by Crippen LogP contribution is -2.54. The Morgan fingerprint density at radius 3 is 2.72 bits per heavy atom. The van der Waals surface area contributed by atoms with Crippen molar-refractivity contribution in [1.29, 1.82) is 0 Å². The van der Waals surface area contributed by atoms with Crippen LogP contribution >= 0.6 is 15.9 Å². The summed E-state index contributed by atoms with van der Waals surface area (Å²) in [6.45, 7) is 8.76. The molecular formula is C15H20BrNO. The van der Waals surface area contributed by atoms with Crippen molar-refractivity contribution >= 4 is 15.9 Å². The standard InChI is InChI=1S/C15H20BrNO/c1-14(2,3)17-8-9-18-13-10-15(13,17)11-6-4-5-7-12(11)16/h4-7,13H,8-10H2,1-3H3. The first-order valence-electron chi connectivity index (χ1n) is 6.60. The monoisotopic (exact) mass is 309 g/mol. The van der Waals surface area contributed by atoms with E-state index in [1.807, 2.05) is 0 Å². The first kappa shape index (κ1) is 12.6. The molecule has 2 nitrogen and oxygen atoms in total. The predicted molar refractivity (Wildman–Crippen MR) is 76.6 cm³/mol. The molecule has 1 aliphatic carbocycles. The number of hydrogen-bond donors (Lipinski definition) is 0. The smallest absolute Gasteiger partial charge is 0.0824 e. The second kappa shape index (κ2) is 4.06. The maximum atomic E-state index is 5.93. The van der Waals surface area contributed by atoms with E-state index in [1.165, 1.54) is 10.0 Å². The highest BCUT2D eigenvalue weighted by Crippen LogP contribution is 2.58. The molecule has 0 bridgehead atoms. The van der Waals surface area contributed by atoms with Crippen LogP contribution in [0.15, 0.2) is 28.7 Å². The second-order valence-corrected chi connectivity index (χ2v) is 7.14. The molecule has 98 valence electrons. The quantitative estimate of drug-likeness (QED) is 0.786. The zero-order valence-corrected chi connectivity index (χ0v) is 12.8. The molecule has 18 heavy (non-hydrogen) atoms. The molecule has 2 atom stereocenters. The highest BCUT2D eigenvalue weighted by molar-refractivity contribution is 9.10. The van der Waals surface area contributed by atoms with E-state index >= 15 is 0 Å². The Morgan fingerprint density at radius 2 is 2.06 bits per heavy atom. The number of nitrogens with zero attached hydrogens (tertiary/aromatic N) is 1. The minimum absolute atomic E-state index is 0.0938. The number of rotatable bonds is 1. The molecule has 2 unspecified atom stereocenters. The number of ether oxygens (including phenoxy) is 1. The Kier molecular flexibility index (Phi) is 2.85. The van der Waals surface area contributed by atoms with Gasteiger partial charge in [0.1, 0.15) is 0 Å². The van der Waals surface area contributed by atoms with E-state index in [1.54, 1.807) is 0 Å². The van der Waals surface area contributed by atoms with Crippen LogP contribution in [-0.4, -0.2) is 29.7 Å². The fourth-order valence-corrected chi connectivity index (χ4v) is 3.99. The molecular weight excluding hydrogens is 290 g/mol. The molecule has 3 rings (SSSR count). The molecule has 2 aliphatic rings. The highest BCUT2D eigenvalue weighted by Gasteiger charge is 2.64. The predicted octanol–water partition coefficient (Wildman–Crippen LogP) is 3.55. The summed E-state index contributed by atoms with van der Waals surface area (Å²) >= 11 is 3.71. The highest BCUT2D eigenvalue weighted by atomic mass is 79.9. The Balaban J connectivity index is 2.06. The van der Waals surface area contributed by atoms with Crippen LogP contribution in [0.5, 0.6) is 0 Å². The van der Waals surface area contributed by atoms with Crippen molar-refractivity contribution in [1.82, 2.24) is 4.90 Å². The maximum absolute atomic E-state index is 5.93. The normalized spacial score (nSPS) is 32.1. The molecule has 2 fully saturated rings. The van der Waals surface area contributed by atoms with Crippen LogP contribution in [-0.2, 0) is 10.3 Å². The summed E-state index contributed by atoms with van der Waals surface area (Å²) in [5.41, 5.74) is 1.65. The van der Waals surface area contributed by atoms with E-state index in [4.69, 9.17) is 4.74 Å². The third kappa shape index (κ3) is 1.75. The van der Waals surface area contributed by atoms with Crippen LogP contribution in [0, 0.1) is 0 Å². The van der Waals surface area contributed by atoms with Gasteiger partial charge in [0.2, 0.25) is 0 Å². The Morgan fingerprint density at radius 1 is 1.33 bits per heavy atom. The van der Waals surface area contributed by atoms with Crippen LogP contribution < -0.4 is 0 Å². The number of fused-ring (bicyclic) bond motifs is 1. The summed E-state index contributed by atoms with van der Waals surface area (Å²) < 4.78 is 7.13. The van der Waals surface area contributed by atoms with E-state index in [0.29, 0.717) is 6.10 Å². The molecule has 0 aromatic heterocycles. The van der Waals surface area contributed by atoms with Gasteiger partial charge in [-0.15, -0.1) is 0 Å². The summed E-state index contributed by atoms with van der Waals surface area (Å²) in [6, 6.07) is 8.57. The molecule has 0 N–H and O–H groups in total. The van der Waals surface area contributed by atoms with E-state index < -0.39 is 0 Å². The summed E-state index contributed by atoms with van der Waals surface area (Å²) in [5.74, 6) is 0. The van der Waals surface area contributed by atoms with Gasteiger partial charge >= 0.3 is 0 Å². The Labute approximate surface area is 117 Å². The van der Waals surface area contributed by atoms with Gasteiger partial charge in [-0.3, -0.25) is 4.90 Å². The zero-order chi connectivity index (χ0) is 13.0. The van der Waals surface area contributed by atoms with Crippen molar-refractivity contribution in [3.8, 4) is 0 Å². The van der Waals surface area contributed by atoms with Gasteiger partial charge in [-0.2, -0.15) is 0 Å². The van der Waals surface area contributed by atoms with Gasteiger partial charge in [-0.25, -0.2) is 0 Å². The number of halogens is 1. The topological polar surface area (TPSA) is 12.5 Å². The van der Waals surface area contributed by atoms with E-state index in [9.17, 15) is 0 Å². The van der Waals surface area contributed by atoms with Crippen LogP contribution in [0.4, 0.5) is 0 Å². The van der Waals surface area contributed by atoms with Gasteiger partial charge in [0.05, 0.1) is 18.2 Å². The average molecular weight is 310 g/mol. The summed E-state index contributed by atoms with van der Waals surface area (Å²) in [7, 11) is 0. The first-order chi connectivity index (χ1) is 8.46. The minimum Gasteiger partial charge on any atom is -0.375 e. The van der Waals surface area contributed by atoms with Crippen molar-refractivity contribution < 1.29 is 4.74 Å². The maximum Gasteiger partial charge on any atom is 0.0824 e. The van der Waals surface area contributed by atoms with E-state index in [0.717, 1.165) is 19.6 Å². The minimum atomic E-state index is 0.0938. The van der Waals surface area contributed by atoms with Crippen molar-refractivity contribution in [2.45, 2.75) is 44.4 Å². The lowest BCUT2D eigenvalue weighted by Gasteiger charge is -2.45. The van der Waals surface area contributed by atoms with Crippen LogP contribution in [0.2, 0.25) is 0 Å². The largest absolute Gasteiger partial charge is 0.375 e. The number of benzene rings is 1. The van der Waals surface area contributed by atoms with Crippen LogP contribution in [0.25, 0.3) is 0 Å². The fourth-order valence-electron chi connectivity index (χ4n) is 3.37. The SMILES string of the molecule is CC(C)(C)N1CCOC2CC21c1ccccc1Br. The summed E-state index contributed by atoms with van der Waals surface area (Å²) in [5, 5.41) is 0. The molecule has 0 radical (unpaired) electrons. The molecule has 1 aromatic rings.